The van der Waals surface area contributed by atoms with E-state index in [-0.39, 0.29) is 5.91 Å². The molecule has 0 aliphatic carbocycles. The summed E-state index contributed by atoms with van der Waals surface area (Å²) in [5.41, 5.74) is 0.709. The van der Waals surface area contributed by atoms with Crippen LogP contribution in [0.15, 0.2) is 42.7 Å². The van der Waals surface area contributed by atoms with Crippen molar-refractivity contribution in [2.45, 2.75) is 19.8 Å². The minimum absolute atomic E-state index is 0.0641. The number of carbonyl (C=O) groups excluding carboxylic acids is 1. The highest BCUT2D eigenvalue weighted by molar-refractivity contribution is 5.94. The molecule has 0 aromatic carbocycles. The number of aromatic nitrogens is 2. The first-order chi connectivity index (χ1) is 12.7. The number of piperazine rings is 1. The van der Waals surface area contributed by atoms with Gasteiger partial charge in [0.1, 0.15) is 11.6 Å². The second-order valence-electron chi connectivity index (χ2n) is 6.65. The predicted octanol–water partition coefficient (Wildman–Crippen LogP) is 2.68. The minimum Gasteiger partial charge on any atom is -0.353 e. The first kappa shape index (κ1) is 18.2. The number of nitrogens with zero attached hydrogens (tertiary/aromatic N) is 5. The van der Waals surface area contributed by atoms with Gasteiger partial charge in [-0.1, -0.05) is 19.4 Å². The van der Waals surface area contributed by atoms with E-state index in [9.17, 15) is 4.79 Å². The summed E-state index contributed by atoms with van der Waals surface area (Å²) in [5, 5.41) is 0. The van der Waals surface area contributed by atoms with E-state index in [1.165, 1.54) is 0 Å². The molecular formula is C20H27N5O. The highest BCUT2D eigenvalue weighted by atomic mass is 16.2. The Hall–Kier alpha value is -2.63. The van der Waals surface area contributed by atoms with E-state index in [2.05, 4.69) is 26.7 Å². The fourth-order valence-corrected chi connectivity index (χ4v) is 3.15. The molecule has 0 radical (unpaired) electrons. The van der Waals surface area contributed by atoms with E-state index in [0.29, 0.717) is 5.56 Å². The van der Waals surface area contributed by atoms with Gasteiger partial charge in [0.25, 0.3) is 5.91 Å². The molecule has 1 aliphatic rings. The minimum atomic E-state index is 0.0641. The van der Waals surface area contributed by atoms with Gasteiger partial charge in [0.2, 0.25) is 0 Å². The molecule has 6 heteroatoms. The van der Waals surface area contributed by atoms with Crippen LogP contribution < -0.4 is 9.80 Å². The Labute approximate surface area is 155 Å². The lowest BCUT2D eigenvalue weighted by Gasteiger charge is -2.36. The van der Waals surface area contributed by atoms with Crippen molar-refractivity contribution in [1.29, 1.82) is 0 Å². The maximum atomic E-state index is 12.6. The molecule has 1 fully saturated rings. The fraction of sp³-hybridized carbons (Fsp3) is 0.450. The molecular weight excluding hydrogens is 326 g/mol. The number of hydrogen-bond donors (Lipinski definition) is 0. The number of amides is 1. The van der Waals surface area contributed by atoms with Crippen molar-refractivity contribution < 1.29 is 4.79 Å². The topological polar surface area (TPSA) is 52.6 Å². The van der Waals surface area contributed by atoms with Crippen LogP contribution in [0.25, 0.3) is 0 Å². The van der Waals surface area contributed by atoms with Crippen molar-refractivity contribution >= 4 is 17.5 Å². The van der Waals surface area contributed by atoms with Crippen molar-refractivity contribution in [3.63, 3.8) is 0 Å². The Morgan fingerprint density at radius 1 is 1.04 bits per heavy atom. The summed E-state index contributed by atoms with van der Waals surface area (Å²) in [6, 6.07) is 9.71. The van der Waals surface area contributed by atoms with Crippen molar-refractivity contribution in [1.82, 2.24) is 14.9 Å². The van der Waals surface area contributed by atoms with Crippen LogP contribution in [0.2, 0.25) is 0 Å². The van der Waals surface area contributed by atoms with Crippen LogP contribution in [0.5, 0.6) is 0 Å². The van der Waals surface area contributed by atoms with E-state index in [0.717, 1.165) is 57.2 Å². The predicted molar refractivity (Wildman–Crippen MR) is 105 cm³/mol. The standard InChI is InChI=1S/C20H27N5O/c1-3-4-11-23(2)20(26)17-8-10-22-19(16-17)25-14-12-24(13-15-25)18-7-5-6-9-21-18/h5-10,16H,3-4,11-15H2,1-2H3. The van der Waals surface area contributed by atoms with Gasteiger partial charge in [0.05, 0.1) is 0 Å². The smallest absolute Gasteiger partial charge is 0.253 e. The molecule has 1 amide bonds. The molecule has 0 unspecified atom stereocenters. The van der Waals surface area contributed by atoms with Crippen LogP contribution in [0.3, 0.4) is 0 Å². The lowest BCUT2D eigenvalue weighted by atomic mass is 10.2. The highest BCUT2D eigenvalue weighted by Crippen LogP contribution is 2.18. The molecule has 6 nitrogen and oxygen atoms in total. The van der Waals surface area contributed by atoms with Gasteiger partial charge in [-0.25, -0.2) is 9.97 Å². The van der Waals surface area contributed by atoms with E-state index >= 15 is 0 Å². The molecule has 2 aromatic rings. The summed E-state index contributed by atoms with van der Waals surface area (Å²) in [4.78, 5) is 27.8. The van der Waals surface area contributed by atoms with Gasteiger partial charge in [0.15, 0.2) is 0 Å². The van der Waals surface area contributed by atoms with E-state index in [4.69, 9.17) is 0 Å². The molecule has 0 N–H and O–H groups in total. The van der Waals surface area contributed by atoms with Crippen molar-refractivity contribution in [3.8, 4) is 0 Å². The van der Waals surface area contributed by atoms with E-state index in [1.54, 1.807) is 17.2 Å². The maximum Gasteiger partial charge on any atom is 0.253 e. The van der Waals surface area contributed by atoms with Crippen molar-refractivity contribution in [2.24, 2.45) is 0 Å². The van der Waals surface area contributed by atoms with Crippen LogP contribution >= 0.6 is 0 Å². The van der Waals surface area contributed by atoms with Gasteiger partial charge in [-0.05, 0) is 30.7 Å². The number of hydrogen-bond acceptors (Lipinski definition) is 5. The molecule has 1 aliphatic heterocycles. The Bertz CT molecular complexity index is 713. The van der Waals surface area contributed by atoms with Crippen LogP contribution in [0, 0.1) is 0 Å². The van der Waals surface area contributed by atoms with E-state index in [1.807, 2.05) is 37.5 Å². The van der Waals surface area contributed by atoms with Crippen LogP contribution in [0.1, 0.15) is 30.1 Å². The van der Waals surface area contributed by atoms with E-state index < -0.39 is 0 Å². The number of unbranched alkanes of at least 4 members (excludes halogenated alkanes) is 1. The normalized spacial score (nSPS) is 14.4. The van der Waals surface area contributed by atoms with Gasteiger partial charge in [0, 0.05) is 57.7 Å². The Kier molecular flexibility index (Phi) is 6.04. The number of rotatable bonds is 6. The zero-order valence-electron chi connectivity index (χ0n) is 15.6. The first-order valence-corrected chi connectivity index (χ1v) is 9.31. The molecule has 2 aromatic heterocycles. The molecule has 0 bridgehead atoms. The van der Waals surface area contributed by atoms with Gasteiger partial charge in [-0.15, -0.1) is 0 Å². The van der Waals surface area contributed by atoms with Crippen LogP contribution in [-0.2, 0) is 0 Å². The molecule has 3 heterocycles. The molecule has 1 saturated heterocycles. The molecule has 0 saturated carbocycles. The Balaban J connectivity index is 1.63. The maximum absolute atomic E-state index is 12.6. The number of anilines is 2. The molecule has 138 valence electrons. The third-order valence-electron chi connectivity index (χ3n) is 4.76. The first-order valence-electron chi connectivity index (χ1n) is 9.31. The second-order valence-corrected chi connectivity index (χ2v) is 6.65. The van der Waals surface area contributed by atoms with Gasteiger partial charge in [-0.2, -0.15) is 0 Å². The van der Waals surface area contributed by atoms with Gasteiger partial charge >= 0.3 is 0 Å². The number of pyridine rings is 2. The lowest BCUT2D eigenvalue weighted by Crippen LogP contribution is -2.47. The average Bonchev–Trinajstić information content (AvgIpc) is 2.72. The third-order valence-corrected chi connectivity index (χ3v) is 4.76. The third kappa shape index (κ3) is 4.31. The Morgan fingerprint density at radius 2 is 1.73 bits per heavy atom. The largest absolute Gasteiger partial charge is 0.353 e. The zero-order chi connectivity index (χ0) is 18.4. The van der Waals surface area contributed by atoms with Crippen molar-refractivity contribution in [3.05, 3.63) is 48.3 Å². The zero-order valence-corrected chi connectivity index (χ0v) is 15.6. The van der Waals surface area contributed by atoms with Gasteiger partial charge in [-0.3, -0.25) is 4.79 Å². The van der Waals surface area contributed by atoms with Gasteiger partial charge < -0.3 is 14.7 Å². The second kappa shape index (κ2) is 8.65. The fourth-order valence-electron chi connectivity index (χ4n) is 3.15. The summed E-state index contributed by atoms with van der Waals surface area (Å²) >= 11 is 0. The number of carbonyl (C=O) groups is 1. The monoisotopic (exact) mass is 353 g/mol. The average molecular weight is 353 g/mol. The summed E-state index contributed by atoms with van der Waals surface area (Å²) in [6.45, 7) is 6.45. The van der Waals surface area contributed by atoms with Crippen LogP contribution in [0.4, 0.5) is 11.6 Å². The Morgan fingerprint density at radius 3 is 2.38 bits per heavy atom. The summed E-state index contributed by atoms with van der Waals surface area (Å²) in [7, 11) is 1.86. The van der Waals surface area contributed by atoms with Crippen molar-refractivity contribution in [2.75, 3.05) is 49.6 Å². The SMILES string of the molecule is CCCCN(C)C(=O)c1ccnc(N2CCN(c3ccccn3)CC2)c1. The molecule has 0 atom stereocenters. The summed E-state index contributed by atoms with van der Waals surface area (Å²) < 4.78 is 0. The molecule has 3 rings (SSSR count). The highest BCUT2D eigenvalue weighted by Gasteiger charge is 2.20. The quantitative estimate of drug-likeness (QED) is 0.799. The molecule has 26 heavy (non-hydrogen) atoms. The summed E-state index contributed by atoms with van der Waals surface area (Å²) in [6.07, 6.45) is 5.67. The summed E-state index contributed by atoms with van der Waals surface area (Å²) in [5.74, 6) is 1.95. The van der Waals surface area contributed by atoms with Crippen LogP contribution in [-0.4, -0.2) is 60.5 Å². The molecule has 0 spiro atoms. The lowest BCUT2D eigenvalue weighted by molar-refractivity contribution is 0.0793.